The molecule has 1 amide bonds. The van der Waals surface area contributed by atoms with Crippen molar-refractivity contribution in [1.29, 1.82) is 0 Å². The summed E-state index contributed by atoms with van der Waals surface area (Å²) < 4.78 is 5.36. The molecule has 2 heterocycles. The van der Waals surface area contributed by atoms with Crippen LogP contribution in [0.3, 0.4) is 0 Å². The van der Waals surface area contributed by atoms with E-state index < -0.39 is 0 Å². The molecular weight excluding hydrogens is 302 g/mol. The highest BCUT2D eigenvalue weighted by Crippen LogP contribution is 2.24. The van der Waals surface area contributed by atoms with Gasteiger partial charge in [-0.15, -0.1) is 0 Å². The van der Waals surface area contributed by atoms with Gasteiger partial charge in [0.05, 0.1) is 13.2 Å². The molecule has 0 radical (unpaired) electrons. The number of carbonyl (C=O) groups is 1. The molecule has 2 aliphatic heterocycles. The highest BCUT2D eigenvalue weighted by atomic mass is 16.5. The fourth-order valence-electron chi connectivity index (χ4n) is 4.46. The number of hydrogen-bond acceptors (Lipinski definition) is 4. The average molecular weight is 338 g/mol. The smallest absolute Gasteiger partial charge is 0.221 e. The number of hydrogen-bond donors (Lipinski definition) is 1. The number of nitrogens with one attached hydrogen (secondary N) is 1. The molecule has 3 fully saturated rings. The van der Waals surface area contributed by atoms with Crippen molar-refractivity contribution in [2.75, 3.05) is 45.9 Å². The summed E-state index contributed by atoms with van der Waals surface area (Å²) in [5, 5.41) is 3.30. The van der Waals surface area contributed by atoms with E-state index in [2.05, 4.69) is 15.1 Å². The Labute approximate surface area is 147 Å². The van der Waals surface area contributed by atoms with Crippen LogP contribution in [0.15, 0.2) is 0 Å². The second-order valence-corrected chi connectivity index (χ2v) is 7.75. The second-order valence-electron chi connectivity index (χ2n) is 7.75. The van der Waals surface area contributed by atoms with E-state index in [-0.39, 0.29) is 5.91 Å². The number of morpholine rings is 1. The number of nitrogens with zero attached hydrogens (tertiary/aromatic N) is 2. The normalized spacial score (nSPS) is 28.4. The molecule has 1 N–H and O–H groups in total. The SMILES string of the molecule is O=C(CCN1CCOCC1)NC1CCCN(C2CCCCCC2)C1. The molecule has 3 rings (SSSR count). The summed E-state index contributed by atoms with van der Waals surface area (Å²) in [7, 11) is 0. The Morgan fingerprint density at radius 1 is 0.958 bits per heavy atom. The molecule has 0 bridgehead atoms. The first kappa shape index (κ1) is 18.2. The monoisotopic (exact) mass is 337 g/mol. The fraction of sp³-hybridized carbons (Fsp3) is 0.947. The zero-order valence-corrected chi connectivity index (χ0v) is 15.2. The van der Waals surface area contributed by atoms with Crippen molar-refractivity contribution in [3.63, 3.8) is 0 Å². The minimum absolute atomic E-state index is 0.231. The Bertz CT molecular complexity index is 377. The van der Waals surface area contributed by atoms with Crippen LogP contribution in [-0.4, -0.2) is 73.7 Å². The molecule has 5 nitrogen and oxygen atoms in total. The molecule has 138 valence electrons. The van der Waals surface area contributed by atoms with Crippen LogP contribution in [0.4, 0.5) is 0 Å². The molecule has 1 atom stereocenters. The third-order valence-electron chi connectivity index (χ3n) is 5.92. The lowest BCUT2D eigenvalue weighted by molar-refractivity contribution is -0.122. The summed E-state index contributed by atoms with van der Waals surface area (Å²) in [4.78, 5) is 17.3. The largest absolute Gasteiger partial charge is 0.379 e. The van der Waals surface area contributed by atoms with Crippen LogP contribution in [0, 0.1) is 0 Å². The van der Waals surface area contributed by atoms with E-state index in [4.69, 9.17) is 4.74 Å². The van der Waals surface area contributed by atoms with Gasteiger partial charge < -0.3 is 10.1 Å². The van der Waals surface area contributed by atoms with Gasteiger partial charge in [-0.25, -0.2) is 0 Å². The van der Waals surface area contributed by atoms with Crippen molar-refractivity contribution in [2.24, 2.45) is 0 Å². The van der Waals surface area contributed by atoms with Crippen molar-refractivity contribution in [2.45, 2.75) is 69.9 Å². The Morgan fingerprint density at radius 2 is 1.71 bits per heavy atom. The molecule has 0 aromatic heterocycles. The quantitative estimate of drug-likeness (QED) is 0.780. The van der Waals surface area contributed by atoms with E-state index >= 15 is 0 Å². The summed E-state index contributed by atoms with van der Waals surface area (Å²) in [5.74, 6) is 0.231. The maximum absolute atomic E-state index is 12.3. The van der Waals surface area contributed by atoms with Gasteiger partial charge in [0, 0.05) is 44.7 Å². The van der Waals surface area contributed by atoms with Crippen molar-refractivity contribution < 1.29 is 9.53 Å². The third kappa shape index (κ3) is 5.71. The van der Waals surface area contributed by atoms with Crippen LogP contribution in [0.25, 0.3) is 0 Å². The number of piperidine rings is 1. The fourth-order valence-corrected chi connectivity index (χ4v) is 4.46. The molecule has 24 heavy (non-hydrogen) atoms. The first-order valence-electron chi connectivity index (χ1n) is 10.1. The summed E-state index contributed by atoms with van der Waals surface area (Å²) >= 11 is 0. The molecule has 2 saturated heterocycles. The maximum atomic E-state index is 12.3. The van der Waals surface area contributed by atoms with Crippen molar-refractivity contribution >= 4 is 5.91 Å². The molecular formula is C19H35N3O2. The van der Waals surface area contributed by atoms with Crippen LogP contribution < -0.4 is 5.32 Å². The van der Waals surface area contributed by atoms with E-state index in [0.29, 0.717) is 12.5 Å². The molecule has 1 unspecified atom stereocenters. The Hall–Kier alpha value is -0.650. The van der Waals surface area contributed by atoms with Gasteiger partial charge in [-0.2, -0.15) is 0 Å². The van der Waals surface area contributed by atoms with Gasteiger partial charge in [-0.05, 0) is 32.2 Å². The lowest BCUT2D eigenvalue weighted by Gasteiger charge is -2.38. The highest BCUT2D eigenvalue weighted by Gasteiger charge is 2.27. The van der Waals surface area contributed by atoms with Crippen molar-refractivity contribution in [1.82, 2.24) is 15.1 Å². The van der Waals surface area contributed by atoms with Crippen LogP contribution >= 0.6 is 0 Å². The standard InChI is InChI=1S/C19H35N3O2/c23-19(9-11-21-12-14-24-15-13-21)20-17-6-5-10-22(16-17)18-7-3-1-2-4-8-18/h17-18H,1-16H2,(H,20,23). The zero-order valence-electron chi connectivity index (χ0n) is 15.2. The van der Waals surface area contributed by atoms with Gasteiger partial charge in [0.25, 0.3) is 0 Å². The van der Waals surface area contributed by atoms with Crippen LogP contribution in [0.5, 0.6) is 0 Å². The minimum atomic E-state index is 0.231. The topological polar surface area (TPSA) is 44.8 Å². The lowest BCUT2D eigenvalue weighted by Crippen LogP contribution is -2.51. The second kappa shape index (κ2) is 9.73. The Balaban J connectivity index is 1.38. The first-order valence-corrected chi connectivity index (χ1v) is 10.1. The lowest BCUT2D eigenvalue weighted by atomic mass is 10.00. The van der Waals surface area contributed by atoms with Gasteiger partial charge in [-0.3, -0.25) is 14.6 Å². The molecule has 0 aromatic carbocycles. The van der Waals surface area contributed by atoms with Gasteiger partial charge in [0.2, 0.25) is 5.91 Å². The molecule has 5 heteroatoms. The third-order valence-corrected chi connectivity index (χ3v) is 5.92. The summed E-state index contributed by atoms with van der Waals surface area (Å²) in [6.07, 6.45) is 11.3. The number of likely N-dealkylation sites (tertiary alicyclic amines) is 1. The Morgan fingerprint density at radius 3 is 2.46 bits per heavy atom. The predicted octanol–water partition coefficient (Wildman–Crippen LogP) is 2.01. The first-order chi connectivity index (χ1) is 11.8. The molecule has 1 saturated carbocycles. The van der Waals surface area contributed by atoms with Crippen molar-refractivity contribution in [3.8, 4) is 0 Å². The number of rotatable bonds is 5. The number of ether oxygens (including phenoxy) is 1. The van der Waals surface area contributed by atoms with Gasteiger partial charge in [0.15, 0.2) is 0 Å². The zero-order chi connectivity index (χ0) is 16.6. The van der Waals surface area contributed by atoms with Gasteiger partial charge in [-0.1, -0.05) is 25.7 Å². The van der Waals surface area contributed by atoms with E-state index in [1.165, 1.54) is 51.5 Å². The molecule has 1 aliphatic carbocycles. The average Bonchev–Trinajstić information content (AvgIpc) is 2.91. The van der Waals surface area contributed by atoms with Crippen LogP contribution in [0.1, 0.15) is 57.8 Å². The molecule has 0 spiro atoms. The Kier molecular flexibility index (Phi) is 7.36. The molecule has 0 aromatic rings. The van der Waals surface area contributed by atoms with Gasteiger partial charge in [0.1, 0.15) is 0 Å². The maximum Gasteiger partial charge on any atom is 0.221 e. The number of amides is 1. The molecule has 3 aliphatic rings. The van der Waals surface area contributed by atoms with E-state index in [9.17, 15) is 4.79 Å². The van der Waals surface area contributed by atoms with Crippen LogP contribution in [-0.2, 0) is 9.53 Å². The number of carbonyl (C=O) groups excluding carboxylic acids is 1. The van der Waals surface area contributed by atoms with E-state index in [0.717, 1.165) is 51.9 Å². The van der Waals surface area contributed by atoms with Crippen molar-refractivity contribution in [3.05, 3.63) is 0 Å². The van der Waals surface area contributed by atoms with E-state index in [1.807, 2.05) is 0 Å². The minimum Gasteiger partial charge on any atom is -0.379 e. The summed E-state index contributed by atoms with van der Waals surface area (Å²) in [6.45, 7) is 6.70. The van der Waals surface area contributed by atoms with E-state index in [1.54, 1.807) is 0 Å². The van der Waals surface area contributed by atoms with Crippen LogP contribution in [0.2, 0.25) is 0 Å². The highest BCUT2D eigenvalue weighted by molar-refractivity contribution is 5.76. The van der Waals surface area contributed by atoms with Gasteiger partial charge >= 0.3 is 0 Å². The summed E-state index contributed by atoms with van der Waals surface area (Å²) in [5.41, 5.74) is 0. The predicted molar refractivity (Wildman–Crippen MR) is 96.1 cm³/mol. The summed E-state index contributed by atoms with van der Waals surface area (Å²) in [6, 6.07) is 1.12.